The van der Waals surface area contributed by atoms with Crippen molar-refractivity contribution in [2.75, 3.05) is 23.8 Å². The van der Waals surface area contributed by atoms with Crippen molar-refractivity contribution < 1.29 is 9.47 Å². The topological polar surface area (TPSA) is 67.2 Å². The third-order valence-corrected chi connectivity index (χ3v) is 5.65. The van der Waals surface area contributed by atoms with E-state index in [-0.39, 0.29) is 0 Å². The third-order valence-electron chi connectivity index (χ3n) is 5.65. The number of hydrogen-bond acceptors (Lipinski definition) is 4. The number of benzene rings is 4. The Labute approximate surface area is 225 Å². The molecule has 6 heteroatoms. The van der Waals surface area contributed by atoms with E-state index in [0.29, 0.717) is 13.2 Å². The number of nitrogens with one attached hydrogen (secondary N) is 2. The van der Waals surface area contributed by atoms with Gasteiger partial charge in [0.05, 0.1) is 37.3 Å². The van der Waals surface area contributed by atoms with Crippen LogP contribution in [0.4, 0.5) is 22.7 Å². The van der Waals surface area contributed by atoms with Gasteiger partial charge in [-0.1, -0.05) is 48.5 Å². The van der Waals surface area contributed by atoms with Crippen LogP contribution in [0.15, 0.2) is 119 Å². The summed E-state index contributed by atoms with van der Waals surface area (Å²) in [5.74, 6) is 1.71. The van der Waals surface area contributed by atoms with Crippen molar-refractivity contribution in [3.63, 3.8) is 0 Å². The first-order chi connectivity index (χ1) is 18.8. The SMILES string of the molecule is C(=Nc1ccccc1)Nc1cccc(OCCCCCCOc2cccc(NC=Nc3ccccc3)c2)c1. The summed E-state index contributed by atoms with van der Waals surface area (Å²) in [6.45, 7) is 1.39. The zero-order valence-corrected chi connectivity index (χ0v) is 21.5. The Balaban J connectivity index is 1.07. The highest BCUT2D eigenvalue weighted by molar-refractivity contribution is 5.79. The lowest BCUT2D eigenvalue weighted by Gasteiger charge is -2.09. The predicted octanol–water partition coefficient (Wildman–Crippen LogP) is 8.25. The molecule has 4 aromatic carbocycles. The van der Waals surface area contributed by atoms with Crippen molar-refractivity contribution in [2.24, 2.45) is 9.98 Å². The Kier molecular flexibility index (Phi) is 10.8. The van der Waals surface area contributed by atoms with Crippen molar-refractivity contribution in [1.29, 1.82) is 0 Å². The number of para-hydroxylation sites is 2. The van der Waals surface area contributed by atoms with Gasteiger partial charge in [0.15, 0.2) is 0 Å². The normalized spacial score (nSPS) is 11.1. The first kappa shape index (κ1) is 26.5. The molecule has 0 fully saturated rings. The van der Waals surface area contributed by atoms with Crippen LogP contribution in [0.5, 0.6) is 11.5 Å². The minimum absolute atomic E-state index is 0.695. The van der Waals surface area contributed by atoms with E-state index in [1.165, 1.54) is 0 Å². The quantitative estimate of drug-likeness (QED) is 0.0968. The highest BCUT2D eigenvalue weighted by atomic mass is 16.5. The van der Waals surface area contributed by atoms with Gasteiger partial charge in [-0.15, -0.1) is 0 Å². The van der Waals surface area contributed by atoms with Gasteiger partial charge in [-0.25, -0.2) is 9.98 Å². The summed E-state index contributed by atoms with van der Waals surface area (Å²) < 4.78 is 11.9. The molecule has 0 bridgehead atoms. The van der Waals surface area contributed by atoms with E-state index in [4.69, 9.17) is 9.47 Å². The molecule has 0 aliphatic carbocycles. The Bertz CT molecular complexity index is 1180. The molecule has 4 rings (SSSR count). The van der Waals surface area contributed by atoms with Crippen LogP contribution in [0, 0.1) is 0 Å². The fraction of sp³-hybridized carbons (Fsp3) is 0.188. The summed E-state index contributed by atoms with van der Waals surface area (Å²) in [6.07, 6.45) is 7.61. The Hall–Kier alpha value is -4.58. The van der Waals surface area contributed by atoms with Crippen LogP contribution in [0.25, 0.3) is 0 Å². The van der Waals surface area contributed by atoms with E-state index in [1.54, 1.807) is 12.7 Å². The molecule has 6 nitrogen and oxygen atoms in total. The van der Waals surface area contributed by atoms with Crippen molar-refractivity contribution >= 4 is 35.4 Å². The fourth-order valence-corrected chi connectivity index (χ4v) is 3.68. The lowest BCUT2D eigenvalue weighted by atomic mass is 10.2. The van der Waals surface area contributed by atoms with Gasteiger partial charge in [-0.2, -0.15) is 0 Å². The smallest absolute Gasteiger partial charge is 0.121 e. The minimum atomic E-state index is 0.695. The van der Waals surface area contributed by atoms with E-state index >= 15 is 0 Å². The Morgan fingerprint density at radius 3 is 1.39 bits per heavy atom. The number of nitrogens with zero attached hydrogens (tertiary/aromatic N) is 2. The first-order valence-corrected chi connectivity index (χ1v) is 13.0. The van der Waals surface area contributed by atoms with Crippen LogP contribution in [0.2, 0.25) is 0 Å². The van der Waals surface area contributed by atoms with Crippen LogP contribution in [-0.2, 0) is 0 Å². The maximum atomic E-state index is 5.93. The average Bonchev–Trinajstić information content (AvgIpc) is 2.96. The van der Waals surface area contributed by atoms with E-state index in [0.717, 1.165) is 59.9 Å². The molecule has 0 amide bonds. The lowest BCUT2D eigenvalue weighted by molar-refractivity contribution is 0.288. The van der Waals surface area contributed by atoms with Crippen molar-refractivity contribution in [2.45, 2.75) is 25.7 Å². The van der Waals surface area contributed by atoms with Gasteiger partial charge in [0.1, 0.15) is 11.5 Å². The molecule has 0 aliphatic heterocycles. The number of anilines is 2. The third kappa shape index (κ3) is 9.82. The maximum absolute atomic E-state index is 5.93. The predicted molar refractivity (Wildman–Crippen MR) is 159 cm³/mol. The number of ether oxygens (including phenoxy) is 2. The summed E-state index contributed by atoms with van der Waals surface area (Å²) in [7, 11) is 0. The molecule has 0 spiro atoms. The molecule has 0 saturated carbocycles. The fourth-order valence-electron chi connectivity index (χ4n) is 3.68. The van der Waals surface area contributed by atoms with Crippen molar-refractivity contribution in [3.05, 3.63) is 109 Å². The second-order valence-corrected chi connectivity index (χ2v) is 8.64. The highest BCUT2D eigenvalue weighted by Crippen LogP contribution is 2.19. The van der Waals surface area contributed by atoms with Gasteiger partial charge >= 0.3 is 0 Å². The molecule has 0 saturated heterocycles. The van der Waals surface area contributed by atoms with Crippen LogP contribution < -0.4 is 20.1 Å². The molecule has 0 aliphatic rings. The highest BCUT2D eigenvalue weighted by Gasteiger charge is 1.99. The second kappa shape index (κ2) is 15.5. The van der Waals surface area contributed by atoms with E-state index in [2.05, 4.69) is 20.6 Å². The number of unbranched alkanes of at least 4 members (excludes halogenated alkanes) is 3. The molecule has 0 heterocycles. The Morgan fingerprint density at radius 1 is 0.500 bits per heavy atom. The summed E-state index contributed by atoms with van der Waals surface area (Å²) in [5.41, 5.74) is 3.71. The number of hydrogen-bond donors (Lipinski definition) is 2. The molecule has 194 valence electrons. The molecule has 2 N–H and O–H groups in total. The number of rotatable bonds is 15. The molecule has 0 unspecified atom stereocenters. The van der Waals surface area contributed by atoms with Gasteiger partial charge in [-0.05, 0) is 74.2 Å². The van der Waals surface area contributed by atoms with E-state index in [9.17, 15) is 0 Å². The first-order valence-electron chi connectivity index (χ1n) is 13.0. The van der Waals surface area contributed by atoms with Crippen LogP contribution in [0.1, 0.15) is 25.7 Å². The summed E-state index contributed by atoms with van der Waals surface area (Å²) in [6, 6.07) is 35.5. The minimum Gasteiger partial charge on any atom is -0.494 e. The molecule has 4 aromatic rings. The Morgan fingerprint density at radius 2 is 0.947 bits per heavy atom. The van der Waals surface area contributed by atoms with Gasteiger partial charge in [0, 0.05) is 23.5 Å². The molecule has 0 radical (unpaired) electrons. The molecular weight excluding hydrogens is 472 g/mol. The molecular formula is C32H34N4O2. The monoisotopic (exact) mass is 506 g/mol. The van der Waals surface area contributed by atoms with Crippen LogP contribution in [0.3, 0.4) is 0 Å². The summed E-state index contributed by atoms with van der Waals surface area (Å²) in [4.78, 5) is 8.78. The number of aliphatic imine (C=N–C) groups is 2. The summed E-state index contributed by atoms with van der Waals surface area (Å²) >= 11 is 0. The molecule has 0 aromatic heterocycles. The largest absolute Gasteiger partial charge is 0.494 e. The van der Waals surface area contributed by atoms with E-state index in [1.807, 2.05) is 109 Å². The van der Waals surface area contributed by atoms with Gasteiger partial charge in [0.25, 0.3) is 0 Å². The van der Waals surface area contributed by atoms with Gasteiger partial charge in [-0.3, -0.25) is 0 Å². The zero-order valence-electron chi connectivity index (χ0n) is 21.5. The van der Waals surface area contributed by atoms with Gasteiger partial charge in [0.2, 0.25) is 0 Å². The van der Waals surface area contributed by atoms with E-state index < -0.39 is 0 Å². The summed E-state index contributed by atoms with van der Waals surface area (Å²) in [5, 5.41) is 6.39. The lowest BCUT2D eigenvalue weighted by Crippen LogP contribution is -2.01. The second-order valence-electron chi connectivity index (χ2n) is 8.64. The zero-order chi connectivity index (χ0) is 26.1. The van der Waals surface area contributed by atoms with Gasteiger partial charge < -0.3 is 20.1 Å². The average molecular weight is 507 g/mol. The maximum Gasteiger partial charge on any atom is 0.121 e. The van der Waals surface area contributed by atoms with Crippen molar-refractivity contribution in [3.8, 4) is 11.5 Å². The molecule has 0 atom stereocenters. The standard InChI is InChI=1S/C32H34N4O2/c1(9-21-37-31-19-11-17-29(23-31)35-25-33-27-13-5-3-6-14-27)2-10-22-38-32-20-12-18-30(24-32)36-26-34-28-15-7-4-8-16-28/h3-8,11-20,23-26H,1-2,9-10,21-22H2,(H,33,35)(H,34,36). The van der Waals surface area contributed by atoms with Crippen LogP contribution in [-0.4, -0.2) is 25.9 Å². The van der Waals surface area contributed by atoms with Crippen molar-refractivity contribution in [1.82, 2.24) is 0 Å². The van der Waals surface area contributed by atoms with Crippen LogP contribution >= 0.6 is 0 Å². The molecule has 38 heavy (non-hydrogen) atoms.